The summed E-state index contributed by atoms with van der Waals surface area (Å²) in [5, 5.41) is 14.2. The number of rotatable bonds is 12. The van der Waals surface area contributed by atoms with Crippen molar-refractivity contribution in [1.29, 1.82) is 0 Å². The number of nitrogens with zero attached hydrogens (tertiary/aromatic N) is 1. The van der Waals surface area contributed by atoms with Gasteiger partial charge in [-0.15, -0.1) is 0 Å². The first kappa shape index (κ1) is 28.3. The third-order valence-electron chi connectivity index (χ3n) is 6.59. The average Bonchev–Trinajstić information content (AvgIpc) is 2.88. The number of aromatic carboxylic acids is 1. The van der Waals surface area contributed by atoms with Crippen LogP contribution < -0.4 is 15.1 Å². The van der Waals surface area contributed by atoms with Crippen LogP contribution in [0.3, 0.4) is 0 Å². The molecule has 37 heavy (non-hydrogen) atoms. The Bertz CT molecular complexity index is 1210. The number of sulfonamides is 1. The molecular formula is C27H34N3O6S-. The number of carboxylic acid groups (broad SMARTS) is 1. The largest absolute Gasteiger partial charge is 0.543 e. The molecule has 10 heteroatoms. The molecule has 1 aromatic carbocycles. The lowest BCUT2D eigenvalue weighted by molar-refractivity contribution is -0.255. The Hall–Kier alpha value is -3.27. The zero-order chi connectivity index (χ0) is 26.8. The molecule has 9 nitrogen and oxygen atoms in total. The van der Waals surface area contributed by atoms with Gasteiger partial charge in [-0.25, -0.2) is 13.1 Å². The minimum Gasteiger partial charge on any atom is -0.543 e. The van der Waals surface area contributed by atoms with Crippen LogP contribution in [0.1, 0.15) is 108 Å². The Morgan fingerprint density at radius 1 is 0.973 bits per heavy atom. The van der Waals surface area contributed by atoms with E-state index in [4.69, 9.17) is 0 Å². The highest BCUT2D eigenvalue weighted by Crippen LogP contribution is 2.19. The van der Waals surface area contributed by atoms with Gasteiger partial charge in [0.05, 0.1) is 22.1 Å². The van der Waals surface area contributed by atoms with E-state index in [9.17, 15) is 27.9 Å². The third-order valence-corrected chi connectivity index (χ3v) is 7.93. The van der Waals surface area contributed by atoms with E-state index in [1.165, 1.54) is 36.8 Å². The summed E-state index contributed by atoms with van der Waals surface area (Å²) in [5.74, 6) is -2.64. The first-order valence-electron chi connectivity index (χ1n) is 12.9. The Balaban J connectivity index is 1.70. The monoisotopic (exact) mass is 528 g/mol. The molecule has 2 aromatic rings. The van der Waals surface area contributed by atoms with Gasteiger partial charge in [0.1, 0.15) is 0 Å². The molecule has 0 aliphatic heterocycles. The highest BCUT2D eigenvalue weighted by molar-refractivity contribution is 7.90. The van der Waals surface area contributed by atoms with Gasteiger partial charge in [0, 0.05) is 17.8 Å². The molecule has 1 aliphatic carbocycles. The fraction of sp³-hybridized carbons (Fsp3) is 0.481. The van der Waals surface area contributed by atoms with E-state index < -0.39 is 21.9 Å². The van der Waals surface area contributed by atoms with Crippen molar-refractivity contribution in [1.82, 2.24) is 15.0 Å². The molecule has 1 saturated carbocycles. The summed E-state index contributed by atoms with van der Waals surface area (Å²) in [7, 11) is -4.24. The number of aryl methyl sites for hydroxylation is 1. The fourth-order valence-corrected chi connectivity index (χ4v) is 5.44. The van der Waals surface area contributed by atoms with Crippen LogP contribution in [0.4, 0.5) is 0 Å². The normalized spacial score (nSPS) is 14.2. The molecule has 0 spiro atoms. The zero-order valence-electron chi connectivity index (χ0n) is 21.1. The van der Waals surface area contributed by atoms with Crippen molar-refractivity contribution >= 4 is 27.8 Å². The predicted octanol–water partition coefficient (Wildman–Crippen LogP) is 3.14. The van der Waals surface area contributed by atoms with E-state index >= 15 is 0 Å². The van der Waals surface area contributed by atoms with Crippen LogP contribution in [-0.2, 0) is 16.4 Å². The maximum Gasteiger partial charge on any atom is 0.266 e. The van der Waals surface area contributed by atoms with Crippen LogP contribution in [-0.4, -0.2) is 37.2 Å². The second-order valence-corrected chi connectivity index (χ2v) is 11.1. The zero-order valence-corrected chi connectivity index (χ0v) is 21.9. The third kappa shape index (κ3) is 8.11. The van der Waals surface area contributed by atoms with Crippen LogP contribution in [0.5, 0.6) is 0 Å². The molecule has 0 unspecified atom stereocenters. The minimum atomic E-state index is -4.24. The van der Waals surface area contributed by atoms with Gasteiger partial charge in [-0.3, -0.25) is 14.6 Å². The van der Waals surface area contributed by atoms with E-state index in [0.717, 1.165) is 57.6 Å². The van der Waals surface area contributed by atoms with E-state index in [1.807, 2.05) is 4.72 Å². The topological polar surface area (TPSA) is 145 Å². The average molecular weight is 529 g/mol. The molecule has 1 aliphatic rings. The van der Waals surface area contributed by atoms with Crippen LogP contribution in [0.15, 0.2) is 41.4 Å². The summed E-state index contributed by atoms with van der Waals surface area (Å²) in [6.07, 6.45) is 11.4. The summed E-state index contributed by atoms with van der Waals surface area (Å²) >= 11 is 0. The lowest BCUT2D eigenvalue weighted by atomic mass is 9.95. The Morgan fingerprint density at radius 2 is 1.65 bits per heavy atom. The molecule has 1 fully saturated rings. The van der Waals surface area contributed by atoms with E-state index in [1.54, 1.807) is 0 Å². The Labute approximate surface area is 218 Å². The number of pyridine rings is 1. The predicted molar refractivity (Wildman–Crippen MR) is 136 cm³/mol. The van der Waals surface area contributed by atoms with Gasteiger partial charge in [0.2, 0.25) is 0 Å². The molecule has 2 amide bonds. The van der Waals surface area contributed by atoms with Gasteiger partial charge in [-0.05, 0) is 61.6 Å². The molecule has 1 aromatic heterocycles. The van der Waals surface area contributed by atoms with Gasteiger partial charge in [0.25, 0.3) is 21.8 Å². The van der Waals surface area contributed by atoms with Crippen molar-refractivity contribution in [2.24, 2.45) is 0 Å². The molecule has 0 bridgehead atoms. The van der Waals surface area contributed by atoms with E-state index in [0.29, 0.717) is 24.0 Å². The quantitative estimate of drug-likeness (QED) is 0.403. The summed E-state index contributed by atoms with van der Waals surface area (Å²) in [5.41, 5.74) is 0.411. The van der Waals surface area contributed by atoms with Crippen molar-refractivity contribution in [3.05, 3.63) is 58.9 Å². The van der Waals surface area contributed by atoms with Crippen LogP contribution in [0.25, 0.3) is 0 Å². The van der Waals surface area contributed by atoms with Crippen LogP contribution >= 0.6 is 0 Å². The van der Waals surface area contributed by atoms with Crippen molar-refractivity contribution in [3.8, 4) is 0 Å². The molecule has 0 atom stereocenters. The summed E-state index contributed by atoms with van der Waals surface area (Å²) < 4.78 is 27.8. The number of carboxylic acids is 1. The van der Waals surface area contributed by atoms with Gasteiger partial charge in [-0.2, -0.15) is 0 Å². The summed E-state index contributed by atoms with van der Waals surface area (Å²) in [6.45, 7) is 2.09. The van der Waals surface area contributed by atoms with Gasteiger partial charge >= 0.3 is 0 Å². The van der Waals surface area contributed by atoms with Crippen molar-refractivity contribution < 1.29 is 27.9 Å². The van der Waals surface area contributed by atoms with Crippen molar-refractivity contribution in [3.63, 3.8) is 0 Å². The number of hydrogen-bond acceptors (Lipinski definition) is 7. The number of unbranched alkanes of at least 4 members (excludes halogenated alkanes) is 4. The minimum absolute atomic E-state index is 0.00690. The van der Waals surface area contributed by atoms with Gasteiger partial charge in [0.15, 0.2) is 0 Å². The molecule has 3 rings (SSSR count). The van der Waals surface area contributed by atoms with E-state index in [2.05, 4.69) is 17.2 Å². The second-order valence-electron chi connectivity index (χ2n) is 9.45. The number of carbonyl (C=O) groups excluding carboxylic acids is 3. The standard InChI is InChI=1S/C27H35N3O6S/c1-2-3-4-5-7-10-20-17-24(27(33)34)28-18-23(20)26(32)30-37(35,36)22-15-13-19(14-16-22)25(31)29-21-11-8-6-9-12-21/h13-18,21H,2-12H2,1H3,(H,29,31)(H,30,32)(H,33,34)/p-1. The maximum atomic E-state index is 12.9. The SMILES string of the molecule is CCCCCCCc1cc(C(=O)[O-])ncc1C(=O)NS(=O)(=O)c1ccc(C(=O)NC2CCCCC2)cc1. The molecular weight excluding hydrogens is 494 g/mol. The van der Waals surface area contributed by atoms with Crippen molar-refractivity contribution in [2.45, 2.75) is 88.5 Å². The van der Waals surface area contributed by atoms with Gasteiger partial charge < -0.3 is 15.2 Å². The van der Waals surface area contributed by atoms with E-state index in [-0.39, 0.29) is 28.1 Å². The van der Waals surface area contributed by atoms with Gasteiger partial charge in [-0.1, -0.05) is 51.9 Å². The van der Waals surface area contributed by atoms with Crippen LogP contribution in [0, 0.1) is 0 Å². The number of amides is 2. The van der Waals surface area contributed by atoms with Crippen LogP contribution in [0.2, 0.25) is 0 Å². The highest BCUT2D eigenvalue weighted by Gasteiger charge is 2.22. The lowest BCUT2D eigenvalue weighted by Gasteiger charge is -2.22. The lowest BCUT2D eigenvalue weighted by Crippen LogP contribution is -2.36. The number of benzene rings is 1. The molecule has 0 saturated heterocycles. The fourth-order valence-electron chi connectivity index (χ4n) is 4.48. The molecule has 2 N–H and O–H groups in total. The van der Waals surface area contributed by atoms with Crippen molar-refractivity contribution in [2.75, 3.05) is 0 Å². The number of hydrogen-bond donors (Lipinski definition) is 2. The Morgan fingerprint density at radius 3 is 2.30 bits per heavy atom. The number of nitrogens with one attached hydrogen (secondary N) is 2. The summed E-state index contributed by atoms with van der Waals surface area (Å²) in [6, 6.07) is 6.76. The first-order valence-corrected chi connectivity index (χ1v) is 14.4. The first-order chi connectivity index (χ1) is 17.7. The highest BCUT2D eigenvalue weighted by atomic mass is 32.2. The maximum absolute atomic E-state index is 12.9. The molecule has 0 radical (unpaired) electrons. The number of carbonyl (C=O) groups is 3. The smallest absolute Gasteiger partial charge is 0.266 e. The Kier molecular flexibility index (Phi) is 10.2. The number of aromatic nitrogens is 1. The second kappa shape index (κ2) is 13.3. The molecule has 200 valence electrons. The summed E-state index contributed by atoms with van der Waals surface area (Å²) in [4.78, 5) is 40.2. The molecule has 1 heterocycles.